The highest BCUT2D eigenvalue weighted by atomic mass is 16.4. The molecule has 2 heterocycles. The van der Waals surface area contributed by atoms with E-state index >= 15 is 0 Å². The van der Waals surface area contributed by atoms with Crippen LogP contribution in [0.2, 0.25) is 0 Å². The molecule has 1 aliphatic heterocycles. The van der Waals surface area contributed by atoms with Gasteiger partial charge in [-0.3, -0.25) is 10.1 Å². The number of amides is 1. The molecular weight excluding hydrogens is 218 g/mol. The van der Waals surface area contributed by atoms with Gasteiger partial charge in [0, 0.05) is 6.54 Å². The maximum Gasteiger partial charge on any atom is 0.301 e. The van der Waals surface area contributed by atoms with Crippen molar-refractivity contribution in [1.82, 2.24) is 10.3 Å². The second kappa shape index (κ2) is 4.49. The molecule has 0 bridgehead atoms. The number of rotatable bonds is 3. The lowest BCUT2D eigenvalue weighted by molar-refractivity contribution is -0.127. The molecule has 0 aliphatic carbocycles. The molecule has 1 amide bonds. The zero-order valence-corrected chi connectivity index (χ0v) is 10.5. The lowest BCUT2D eigenvalue weighted by Gasteiger charge is -2.30. The Morgan fingerprint density at radius 2 is 2.41 bits per heavy atom. The molecule has 0 radical (unpaired) electrons. The molecule has 0 spiro atoms. The van der Waals surface area contributed by atoms with Gasteiger partial charge in [0.15, 0.2) is 0 Å². The van der Waals surface area contributed by atoms with Gasteiger partial charge in [-0.2, -0.15) is 4.98 Å². The summed E-state index contributed by atoms with van der Waals surface area (Å²) < 4.78 is 5.16. The van der Waals surface area contributed by atoms with Crippen LogP contribution in [0.1, 0.15) is 26.0 Å². The van der Waals surface area contributed by atoms with Crippen molar-refractivity contribution in [1.29, 1.82) is 0 Å². The zero-order valence-electron chi connectivity index (χ0n) is 10.5. The molecule has 94 valence electrons. The highest BCUT2D eigenvalue weighted by Gasteiger charge is 2.44. The van der Waals surface area contributed by atoms with E-state index in [1.54, 1.807) is 0 Å². The number of aryl methyl sites for hydroxylation is 1. The van der Waals surface area contributed by atoms with E-state index in [-0.39, 0.29) is 17.2 Å². The third kappa shape index (κ3) is 2.20. The fraction of sp³-hybridized carbons (Fsp3) is 0.667. The number of aromatic nitrogens is 1. The van der Waals surface area contributed by atoms with Crippen molar-refractivity contribution < 1.29 is 9.21 Å². The van der Waals surface area contributed by atoms with Crippen LogP contribution in [0.3, 0.4) is 0 Å². The molecule has 17 heavy (non-hydrogen) atoms. The van der Waals surface area contributed by atoms with Gasteiger partial charge in [0.2, 0.25) is 5.91 Å². The van der Waals surface area contributed by atoms with Crippen LogP contribution in [0.4, 0.5) is 6.01 Å². The topological polar surface area (TPSA) is 67.2 Å². The van der Waals surface area contributed by atoms with Gasteiger partial charge in [0.05, 0.1) is 11.1 Å². The van der Waals surface area contributed by atoms with E-state index in [9.17, 15) is 4.79 Å². The average molecular weight is 237 g/mol. The van der Waals surface area contributed by atoms with Crippen LogP contribution >= 0.6 is 0 Å². The van der Waals surface area contributed by atoms with Crippen molar-refractivity contribution >= 4 is 11.9 Å². The molecule has 5 heteroatoms. The molecule has 1 aromatic rings. The lowest BCUT2D eigenvalue weighted by atomic mass is 9.75. The third-order valence-electron chi connectivity index (χ3n) is 3.59. The van der Waals surface area contributed by atoms with Crippen molar-refractivity contribution in [3.8, 4) is 0 Å². The summed E-state index contributed by atoms with van der Waals surface area (Å²) >= 11 is 0. The molecule has 0 aromatic carbocycles. The van der Waals surface area contributed by atoms with Crippen LogP contribution in [0.15, 0.2) is 10.7 Å². The lowest BCUT2D eigenvalue weighted by Crippen LogP contribution is -2.42. The van der Waals surface area contributed by atoms with Gasteiger partial charge < -0.3 is 9.73 Å². The van der Waals surface area contributed by atoms with Gasteiger partial charge in [-0.15, -0.1) is 0 Å². The number of carbonyl (C=O) groups is 1. The van der Waals surface area contributed by atoms with Gasteiger partial charge in [0.25, 0.3) is 0 Å². The first-order chi connectivity index (χ1) is 8.04. The van der Waals surface area contributed by atoms with Gasteiger partial charge in [-0.05, 0) is 25.8 Å². The van der Waals surface area contributed by atoms with Gasteiger partial charge in [-0.1, -0.05) is 13.8 Å². The molecule has 1 atom stereocenters. The Morgan fingerprint density at radius 3 is 2.88 bits per heavy atom. The second-order valence-electron chi connectivity index (χ2n) is 4.99. The Balaban J connectivity index is 2.12. The fourth-order valence-electron chi connectivity index (χ4n) is 2.29. The van der Waals surface area contributed by atoms with Crippen molar-refractivity contribution in [3.05, 3.63) is 12.0 Å². The third-order valence-corrected chi connectivity index (χ3v) is 3.59. The summed E-state index contributed by atoms with van der Waals surface area (Å²) in [5, 5.41) is 6.02. The molecule has 2 rings (SSSR count). The first-order valence-corrected chi connectivity index (χ1v) is 5.99. The van der Waals surface area contributed by atoms with Gasteiger partial charge >= 0.3 is 6.01 Å². The number of oxazole rings is 1. The Bertz CT molecular complexity index is 406. The Morgan fingerprint density at radius 1 is 1.65 bits per heavy atom. The minimum Gasteiger partial charge on any atom is -0.432 e. The standard InChI is InChI=1S/C12H19N3O2/c1-8(2)12(4-5-13-7-12)10(16)15-11-14-9(3)6-17-11/h6,8,13H,4-5,7H2,1-3H3,(H,14,15,16). The maximum atomic E-state index is 12.3. The Hall–Kier alpha value is -1.36. The number of hydrogen-bond donors (Lipinski definition) is 2. The monoisotopic (exact) mass is 237 g/mol. The number of nitrogens with one attached hydrogen (secondary N) is 2. The quantitative estimate of drug-likeness (QED) is 0.837. The molecule has 0 saturated carbocycles. The molecule has 1 aromatic heterocycles. The summed E-state index contributed by atoms with van der Waals surface area (Å²) in [6.45, 7) is 7.59. The van der Waals surface area contributed by atoms with Gasteiger partial charge in [0.1, 0.15) is 6.26 Å². The number of hydrogen-bond acceptors (Lipinski definition) is 4. The molecule has 1 aliphatic rings. The highest BCUT2D eigenvalue weighted by Crippen LogP contribution is 2.35. The van der Waals surface area contributed by atoms with Crippen molar-refractivity contribution in [2.45, 2.75) is 27.2 Å². The van der Waals surface area contributed by atoms with E-state index < -0.39 is 0 Å². The number of carbonyl (C=O) groups excluding carboxylic acids is 1. The largest absolute Gasteiger partial charge is 0.432 e. The van der Waals surface area contributed by atoms with Crippen LogP contribution in [0.5, 0.6) is 0 Å². The molecule has 1 fully saturated rings. The summed E-state index contributed by atoms with van der Waals surface area (Å²) in [5.41, 5.74) is 0.422. The van der Waals surface area contributed by atoms with E-state index in [0.29, 0.717) is 6.01 Å². The minimum absolute atomic E-state index is 0.000602. The van der Waals surface area contributed by atoms with E-state index in [1.807, 2.05) is 6.92 Å². The van der Waals surface area contributed by atoms with Crippen molar-refractivity contribution in [3.63, 3.8) is 0 Å². The average Bonchev–Trinajstić information content (AvgIpc) is 2.87. The second-order valence-corrected chi connectivity index (χ2v) is 4.99. The Labute approximate surface area is 101 Å². The van der Waals surface area contributed by atoms with Crippen LogP contribution in [0, 0.1) is 18.3 Å². The predicted molar refractivity (Wildman–Crippen MR) is 64.6 cm³/mol. The van der Waals surface area contributed by atoms with E-state index in [1.165, 1.54) is 6.26 Å². The fourth-order valence-corrected chi connectivity index (χ4v) is 2.29. The van der Waals surface area contributed by atoms with Crippen LogP contribution in [0.25, 0.3) is 0 Å². The normalized spacial score (nSPS) is 24.2. The van der Waals surface area contributed by atoms with Crippen LogP contribution in [-0.2, 0) is 4.79 Å². The minimum atomic E-state index is -0.345. The molecule has 1 unspecified atom stereocenters. The summed E-state index contributed by atoms with van der Waals surface area (Å²) in [7, 11) is 0. The predicted octanol–water partition coefficient (Wildman–Crippen LogP) is 1.56. The molecule has 5 nitrogen and oxygen atoms in total. The molecule has 1 saturated heterocycles. The first kappa shape index (κ1) is 12.1. The molecule has 2 N–H and O–H groups in total. The summed E-state index contributed by atoms with van der Waals surface area (Å²) in [6, 6.07) is 0.291. The van der Waals surface area contributed by atoms with Crippen molar-refractivity contribution in [2.24, 2.45) is 11.3 Å². The van der Waals surface area contributed by atoms with Crippen LogP contribution in [-0.4, -0.2) is 24.0 Å². The summed E-state index contributed by atoms with van der Waals surface area (Å²) in [6.07, 6.45) is 2.39. The van der Waals surface area contributed by atoms with E-state index in [2.05, 4.69) is 29.5 Å². The van der Waals surface area contributed by atoms with Gasteiger partial charge in [-0.25, -0.2) is 0 Å². The summed E-state index contributed by atoms with van der Waals surface area (Å²) in [5.74, 6) is 0.285. The van der Waals surface area contributed by atoms with Crippen molar-refractivity contribution in [2.75, 3.05) is 18.4 Å². The zero-order chi connectivity index (χ0) is 12.5. The first-order valence-electron chi connectivity index (χ1n) is 5.99. The highest BCUT2D eigenvalue weighted by molar-refractivity contribution is 5.94. The van der Waals surface area contributed by atoms with Crippen LogP contribution < -0.4 is 10.6 Å². The van der Waals surface area contributed by atoms with E-state index in [4.69, 9.17) is 4.42 Å². The van der Waals surface area contributed by atoms with E-state index in [0.717, 1.165) is 25.2 Å². The molecular formula is C12H19N3O2. The smallest absolute Gasteiger partial charge is 0.301 e. The number of anilines is 1. The Kier molecular flexibility index (Phi) is 3.19. The maximum absolute atomic E-state index is 12.3. The summed E-state index contributed by atoms with van der Waals surface area (Å²) in [4.78, 5) is 16.4. The number of nitrogens with zero attached hydrogens (tertiary/aromatic N) is 1. The SMILES string of the molecule is Cc1coc(NC(=O)C2(C(C)C)CCNC2)n1.